The molecule has 7 heteroatoms. The quantitative estimate of drug-likeness (QED) is 0.824. The van der Waals surface area contributed by atoms with Gasteiger partial charge in [-0.25, -0.2) is 0 Å². The molecule has 1 radical (unpaired) electrons. The average molecular weight is 367 g/mol. The highest BCUT2D eigenvalue weighted by Crippen LogP contribution is 2.42. The molecule has 2 aliphatic rings. The Morgan fingerprint density at radius 2 is 1.93 bits per heavy atom. The van der Waals surface area contributed by atoms with Gasteiger partial charge in [-0.15, -0.1) is 0 Å². The molecule has 1 atom stereocenters. The summed E-state index contributed by atoms with van der Waals surface area (Å²) >= 11 is 0. The Morgan fingerprint density at radius 1 is 1.15 bits per heavy atom. The van der Waals surface area contributed by atoms with Crippen molar-refractivity contribution in [3.8, 4) is 0 Å². The molecular formula is C20H17NO6-. The molecule has 7 nitrogen and oxygen atoms in total. The van der Waals surface area contributed by atoms with Crippen molar-refractivity contribution in [2.24, 2.45) is 0 Å². The van der Waals surface area contributed by atoms with Crippen LogP contribution in [0.3, 0.4) is 0 Å². The summed E-state index contributed by atoms with van der Waals surface area (Å²) in [5, 5.41) is 45.5. The van der Waals surface area contributed by atoms with E-state index < -0.39 is 12.6 Å². The fourth-order valence-corrected chi connectivity index (χ4v) is 3.48. The molecule has 27 heavy (non-hydrogen) atoms. The van der Waals surface area contributed by atoms with E-state index in [4.69, 9.17) is 8.83 Å². The van der Waals surface area contributed by atoms with Gasteiger partial charge in [0, 0.05) is 17.6 Å². The molecule has 4 heterocycles. The molecule has 0 fully saturated rings. The van der Waals surface area contributed by atoms with Crippen molar-refractivity contribution in [3.63, 3.8) is 0 Å². The SMILES string of the molecule is [O]C1=C2C(CO)=C(Cc3ccco3)C([O-])=CN2C(CO)/C1=C\c1ccco1. The van der Waals surface area contributed by atoms with Gasteiger partial charge in [-0.05, 0) is 42.1 Å². The van der Waals surface area contributed by atoms with Crippen LogP contribution in [0.25, 0.3) is 6.08 Å². The Morgan fingerprint density at radius 3 is 2.56 bits per heavy atom. The third kappa shape index (κ3) is 2.87. The molecule has 2 N–H and O–H groups in total. The molecular weight excluding hydrogens is 350 g/mol. The van der Waals surface area contributed by atoms with Crippen LogP contribution in [0.5, 0.6) is 0 Å². The van der Waals surface area contributed by atoms with Crippen LogP contribution < -0.4 is 5.11 Å². The molecule has 2 aromatic heterocycles. The van der Waals surface area contributed by atoms with Crippen LogP contribution in [-0.4, -0.2) is 34.4 Å². The molecule has 0 spiro atoms. The molecule has 0 saturated carbocycles. The van der Waals surface area contributed by atoms with Crippen LogP contribution in [0.2, 0.25) is 0 Å². The maximum Gasteiger partial charge on any atom is 0.208 e. The van der Waals surface area contributed by atoms with Crippen molar-refractivity contribution in [2.45, 2.75) is 12.5 Å². The molecule has 0 amide bonds. The third-order valence-electron chi connectivity index (χ3n) is 4.74. The number of hydrogen-bond donors (Lipinski definition) is 2. The number of allylic oxidation sites excluding steroid dienone is 1. The van der Waals surface area contributed by atoms with Crippen LogP contribution in [0.4, 0.5) is 0 Å². The van der Waals surface area contributed by atoms with Gasteiger partial charge in [-0.2, -0.15) is 0 Å². The molecule has 0 saturated heterocycles. The smallest absolute Gasteiger partial charge is 0.208 e. The summed E-state index contributed by atoms with van der Waals surface area (Å²) in [4.78, 5) is 1.44. The number of fused-ring (bicyclic) bond motifs is 1. The predicted octanol–water partition coefficient (Wildman–Crippen LogP) is 1.32. The lowest BCUT2D eigenvalue weighted by molar-refractivity contribution is -0.299. The number of aliphatic hydroxyl groups excluding tert-OH is 2. The van der Waals surface area contributed by atoms with Crippen LogP contribution >= 0.6 is 0 Å². The number of hydrogen-bond acceptors (Lipinski definition) is 6. The largest absolute Gasteiger partial charge is 0.871 e. The van der Waals surface area contributed by atoms with Crippen molar-refractivity contribution in [3.05, 3.63) is 88.4 Å². The molecule has 0 aliphatic carbocycles. The average Bonchev–Trinajstić information content (AvgIpc) is 3.40. The summed E-state index contributed by atoms with van der Waals surface area (Å²) in [6.07, 6.45) is 6.00. The van der Waals surface area contributed by atoms with Crippen molar-refractivity contribution in [1.82, 2.24) is 4.90 Å². The van der Waals surface area contributed by atoms with E-state index in [0.717, 1.165) is 0 Å². The van der Waals surface area contributed by atoms with Gasteiger partial charge in [0.2, 0.25) is 5.76 Å². The molecule has 2 aromatic rings. The Kier molecular flexibility index (Phi) is 4.39. The second-order valence-corrected chi connectivity index (χ2v) is 6.26. The first kappa shape index (κ1) is 17.3. The Bertz CT molecular complexity index is 947. The summed E-state index contributed by atoms with van der Waals surface area (Å²) in [6, 6.07) is 6.10. The second-order valence-electron chi connectivity index (χ2n) is 6.26. The van der Waals surface area contributed by atoms with E-state index in [2.05, 4.69) is 0 Å². The summed E-state index contributed by atoms with van der Waals surface area (Å²) in [5.41, 5.74) is 1.07. The first-order valence-electron chi connectivity index (χ1n) is 8.44. The molecule has 4 rings (SSSR count). The summed E-state index contributed by atoms with van der Waals surface area (Å²) in [5.74, 6) is 0.344. The van der Waals surface area contributed by atoms with Gasteiger partial charge in [-0.1, -0.05) is 5.76 Å². The Labute approximate surface area is 155 Å². The molecule has 2 aliphatic heterocycles. The fraction of sp³-hybridized carbons (Fsp3) is 0.200. The normalized spacial score (nSPS) is 21.3. The predicted molar refractivity (Wildman–Crippen MR) is 91.7 cm³/mol. The second kappa shape index (κ2) is 6.86. The summed E-state index contributed by atoms with van der Waals surface area (Å²) in [6.45, 7) is -0.836. The Hall–Kier alpha value is -3.16. The van der Waals surface area contributed by atoms with E-state index in [1.807, 2.05) is 0 Å². The van der Waals surface area contributed by atoms with Crippen LogP contribution in [-0.2, 0) is 11.5 Å². The zero-order valence-electron chi connectivity index (χ0n) is 14.3. The first-order valence-corrected chi connectivity index (χ1v) is 8.44. The van der Waals surface area contributed by atoms with Crippen molar-refractivity contribution < 1.29 is 29.3 Å². The summed E-state index contributed by atoms with van der Waals surface area (Å²) in [7, 11) is 0. The van der Waals surface area contributed by atoms with Gasteiger partial charge in [0.1, 0.15) is 11.5 Å². The zero-order chi connectivity index (χ0) is 19.0. The van der Waals surface area contributed by atoms with Gasteiger partial charge >= 0.3 is 0 Å². The van der Waals surface area contributed by atoms with E-state index in [1.165, 1.54) is 23.6 Å². The lowest BCUT2D eigenvalue weighted by Gasteiger charge is -2.34. The minimum Gasteiger partial charge on any atom is -0.871 e. The van der Waals surface area contributed by atoms with Crippen molar-refractivity contribution in [2.75, 3.05) is 13.2 Å². The maximum absolute atomic E-state index is 13.1. The van der Waals surface area contributed by atoms with Crippen molar-refractivity contribution in [1.29, 1.82) is 0 Å². The Balaban J connectivity index is 1.83. The standard InChI is InChI=1S/C20H18NO6/c22-10-16-14(7-12-3-1-5-26-12)18(24)9-21-17(11-23)15(20(25)19(16)21)8-13-4-2-6-27-13/h1-6,8-9,17,22-24H,7,10-11H2/p-1/b15-8+. The number of furan rings is 2. The highest BCUT2D eigenvalue weighted by Gasteiger charge is 2.40. The summed E-state index contributed by atoms with van der Waals surface area (Å²) < 4.78 is 10.6. The molecule has 1 unspecified atom stereocenters. The van der Waals surface area contributed by atoms with Gasteiger partial charge in [0.25, 0.3) is 0 Å². The van der Waals surface area contributed by atoms with Gasteiger partial charge in [-0.3, -0.25) is 5.11 Å². The zero-order valence-corrected chi connectivity index (χ0v) is 14.3. The van der Waals surface area contributed by atoms with Crippen LogP contribution in [0.1, 0.15) is 11.5 Å². The van der Waals surface area contributed by atoms with Crippen LogP contribution in [0.15, 0.2) is 85.8 Å². The topological polar surface area (TPSA) is 113 Å². The van der Waals surface area contributed by atoms with Gasteiger partial charge in [0.05, 0.1) is 37.5 Å². The lowest BCUT2D eigenvalue weighted by Crippen LogP contribution is -2.35. The monoisotopic (exact) mass is 367 g/mol. The van der Waals surface area contributed by atoms with E-state index >= 15 is 0 Å². The van der Waals surface area contributed by atoms with E-state index in [9.17, 15) is 20.4 Å². The number of rotatable bonds is 5. The van der Waals surface area contributed by atoms with E-state index in [-0.39, 0.29) is 35.8 Å². The van der Waals surface area contributed by atoms with Crippen molar-refractivity contribution >= 4 is 6.08 Å². The fourth-order valence-electron chi connectivity index (χ4n) is 3.48. The minimum absolute atomic E-state index is 0.171. The van der Waals surface area contributed by atoms with Gasteiger partial charge < -0.3 is 29.1 Å². The maximum atomic E-state index is 13.1. The lowest BCUT2D eigenvalue weighted by atomic mass is 9.96. The molecule has 0 aromatic carbocycles. The number of nitrogens with zero attached hydrogens (tertiary/aromatic N) is 1. The van der Waals surface area contributed by atoms with E-state index in [1.54, 1.807) is 30.3 Å². The van der Waals surface area contributed by atoms with Gasteiger partial charge in [0.15, 0.2) is 0 Å². The highest BCUT2D eigenvalue weighted by atomic mass is 16.3. The third-order valence-corrected chi connectivity index (χ3v) is 4.74. The number of aliphatic hydroxyl groups is 2. The van der Waals surface area contributed by atoms with E-state index in [0.29, 0.717) is 22.7 Å². The molecule has 0 bridgehead atoms. The highest BCUT2D eigenvalue weighted by molar-refractivity contribution is 5.64. The minimum atomic E-state index is -0.715. The van der Waals surface area contributed by atoms with Crippen LogP contribution in [0, 0.1) is 0 Å². The first-order chi connectivity index (χ1) is 13.1. The molecule has 139 valence electrons.